The van der Waals surface area contributed by atoms with Crippen LogP contribution in [-0.2, 0) is 4.79 Å². The number of nitrogens with one attached hydrogen (secondary N) is 2. The number of ether oxygens (including phenoxy) is 1. The van der Waals surface area contributed by atoms with E-state index in [0.29, 0.717) is 38.6 Å². The molecule has 2 amide bonds. The zero-order chi connectivity index (χ0) is 24.4. The first-order valence-electron chi connectivity index (χ1n) is 10.4. The number of carbonyl (C=O) groups is 2. The van der Waals surface area contributed by atoms with E-state index in [1.54, 1.807) is 32.0 Å². The number of benzene rings is 2. The molecule has 2 aromatic heterocycles. The number of fused-ring (bicyclic) bond motifs is 1. The SMILES string of the molecule is Cc1nc(NC(=O)c2sc3cc(F)ccc3c2Cl)c(C)c(C)c1OCC(=O)Nc1ccccc1. The van der Waals surface area contributed by atoms with E-state index in [0.717, 1.165) is 16.9 Å². The number of anilines is 2. The molecule has 6 nitrogen and oxygen atoms in total. The molecule has 0 saturated heterocycles. The number of pyridine rings is 1. The summed E-state index contributed by atoms with van der Waals surface area (Å²) in [6.07, 6.45) is 0. The maximum absolute atomic E-state index is 13.5. The van der Waals surface area contributed by atoms with Crippen molar-refractivity contribution in [1.82, 2.24) is 4.98 Å². The van der Waals surface area contributed by atoms with E-state index in [1.807, 2.05) is 25.1 Å². The van der Waals surface area contributed by atoms with Gasteiger partial charge in [0, 0.05) is 15.8 Å². The van der Waals surface area contributed by atoms with Crippen LogP contribution in [0.2, 0.25) is 5.02 Å². The van der Waals surface area contributed by atoms with E-state index in [1.165, 1.54) is 12.1 Å². The third-order valence-electron chi connectivity index (χ3n) is 5.30. The second-order valence-electron chi connectivity index (χ2n) is 7.67. The van der Waals surface area contributed by atoms with Gasteiger partial charge in [0.25, 0.3) is 11.8 Å². The second kappa shape index (κ2) is 9.79. The average molecular weight is 498 g/mol. The van der Waals surface area contributed by atoms with Crippen LogP contribution in [0.1, 0.15) is 26.5 Å². The largest absolute Gasteiger partial charge is 0.482 e. The lowest BCUT2D eigenvalue weighted by atomic mass is 10.1. The number of hydrogen-bond acceptors (Lipinski definition) is 5. The Morgan fingerprint density at radius 3 is 2.53 bits per heavy atom. The first-order chi connectivity index (χ1) is 16.2. The van der Waals surface area contributed by atoms with Gasteiger partial charge in [-0.15, -0.1) is 11.3 Å². The first-order valence-corrected chi connectivity index (χ1v) is 11.6. The number of aromatic nitrogens is 1. The molecule has 9 heteroatoms. The summed E-state index contributed by atoms with van der Waals surface area (Å²) in [5.74, 6) is -0.281. The number of para-hydroxylation sites is 1. The average Bonchev–Trinajstić information content (AvgIpc) is 3.13. The van der Waals surface area contributed by atoms with Gasteiger partial charge in [0.05, 0.1) is 10.7 Å². The molecule has 0 spiro atoms. The van der Waals surface area contributed by atoms with Crippen LogP contribution in [0.15, 0.2) is 48.5 Å². The van der Waals surface area contributed by atoms with Crippen LogP contribution < -0.4 is 15.4 Å². The molecule has 0 fully saturated rings. The van der Waals surface area contributed by atoms with E-state index in [4.69, 9.17) is 16.3 Å². The van der Waals surface area contributed by atoms with E-state index < -0.39 is 11.7 Å². The van der Waals surface area contributed by atoms with Gasteiger partial charge in [-0.3, -0.25) is 9.59 Å². The van der Waals surface area contributed by atoms with Gasteiger partial charge < -0.3 is 15.4 Å². The summed E-state index contributed by atoms with van der Waals surface area (Å²) in [5, 5.41) is 6.45. The molecule has 0 saturated carbocycles. The highest BCUT2D eigenvalue weighted by molar-refractivity contribution is 7.21. The minimum atomic E-state index is -0.433. The summed E-state index contributed by atoms with van der Waals surface area (Å²) in [6, 6.07) is 13.3. The lowest BCUT2D eigenvalue weighted by Crippen LogP contribution is -2.21. The molecule has 0 bridgehead atoms. The van der Waals surface area contributed by atoms with Crippen molar-refractivity contribution in [2.75, 3.05) is 17.2 Å². The Kier molecular flexibility index (Phi) is 6.81. The van der Waals surface area contributed by atoms with Gasteiger partial charge in [-0.05, 0) is 62.2 Å². The van der Waals surface area contributed by atoms with Crippen molar-refractivity contribution < 1.29 is 18.7 Å². The van der Waals surface area contributed by atoms with Gasteiger partial charge in [-0.25, -0.2) is 9.37 Å². The quantitative estimate of drug-likeness (QED) is 0.328. The van der Waals surface area contributed by atoms with Crippen LogP contribution in [-0.4, -0.2) is 23.4 Å². The number of amides is 2. The molecular formula is C25H21ClFN3O3S. The Labute approximate surface area is 204 Å². The van der Waals surface area contributed by atoms with Crippen LogP contribution in [0, 0.1) is 26.6 Å². The van der Waals surface area contributed by atoms with Crippen molar-refractivity contribution in [3.63, 3.8) is 0 Å². The summed E-state index contributed by atoms with van der Waals surface area (Å²) >= 11 is 7.49. The van der Waals surface area contributed by atoms with Crippen LogP contribution in [0.25, 0.3) is 10.1 Å². The highest BCUT2D eigenvalue weighted by Gasteiger charge is 2.21. The molecule has 0 aliphatic heterocycles. The van der Waals surface area contributed by atoms with Crippen molar-refractivity contribution >= 4 is 56.3 Å². The predicted octanol–water partition coefficient (Wildman–Crippen LogP) is 6.28. The molecule has 0 radical (unpaired) electrons. The molecule has 0 unspecified atom stereocenters. The van der Waals surface area contributed by atoms with Crippen LogP contribution in [0.4, 0.5) is 15.9 Å². The number of halogens is 2. The number of carbonyl (C=O) groups excluding carboxylic acids is 2. The Hall–Kier alpha value is -3.49. The molecule has 0 aliphatic rings. The third kappa shape index (κ3) is 4.88. The fraction of sp³-hybridized carbons (Fsp3) is 0.160. The standard InChI is InChI=1S/C25H21ClFN3O3S/c1-13-14(2)24(30-25(32)23-21(26)18-10-9-16(27)11-19(18)34-23)28-15(3)22(13)33-12-20(31)29-17-7-5-4-6-8-17/h4-11H,12H2,1-3H3,(H,29,31)(H,28,30,32). The lowest BCUT2D eigenvalue weighted by molar-refractivity contribution is -0.118. The van der Waals surface area contributed by atoms with E-state index in [9.17, 15) is 14.0 Å². The zero-order valence-corrected chi connectivity index (χ0v) is 20.2. The van der Waals surface area contributed by atoms with Gasteiger partial charge in [0.15, 0.2) is 6.61 Å². The molecule has 34 heavy (non-hydrogen) atoms. The first kappa shape index (κ1) is 23.7. The topological polar surface area (TPSA) is 80.3 Å². The molecule has 0 aliphatic carbocycles. The number of rotatable bonds is 6. The third-order valence-corrected chi connectivity index (χ3v) is 6.96. The van der Waals surface area contributed by atoms with Gasteiger partial charge in [0.1, 0.15) is 22.3 Å². The highest BCUT2D eigenvalue weighted by atomic mass is 35.5. The van der Waals surface area contributed by atoms with Crippen LogP contribution in [0.3, 0.4) is 0 Å². The monoisotopic (exact) mass is 497 g/mol. The molecule has 0 atom stereocenters. The number of hydrogen-bond donors (Lipinski definition) is 2. The predicted molar refractivity (Wildman–Crippen MR) is 134 cm³/mol. The zero-order valence-electron chi connectivity index (χ0n) is 18.7. The van der Waals surface area contributed by atoms with Crippen molar-refractivity contribution in [3.05, 3.63) is 81.1 Å². The van der Waals surface area contributed by atoms with Crippen molar-refractivity contribution in [3.8, 4) is 5.75 Å². The summed E-state index contributed by atoms with van der Waals surface area (Å²) in [4.78, 5) is 29.9. The second-order valence-corrected chi connectivity index (χ2v) is 9.10. The number of thiophene rings is 1. The van der Waals surface area contributed by atoms with Gasteiger partial charge in [0.2, 0.25) is 0 Å². The van der Waals surface area contributed by atoms with Gasteiger partial charge >= 0.3 is 0 Å². The Morgan fingerprint density at radius 1 is 1.06 bits per heavy atom. The normalized spacial score (nSPS) is 10.9. The smallest absolute Gasteiger partial charge is 0.268 e. The highest BCUT2D eigenvalue weighted by Crippen LogP contribution is 2.36. The van der Waals surface area contributed by atoms with E-state index in [-0.39, 0.29) is 22.4 Å². The molecular weight excluding hydrogens is 477 g/mol. The molecule has 174 valence electrons. The van der Waals surface area contributed by atoms with Crippen molar-refractivity contribution in [2.45, 2.75) is 20.8 Å². The minimum Gasteiger partial charge on any atom is -0.482 e. The fourth-order valence-electron chi connectivity index (χ4n) is 3.46. The molecule has 4 aromatic rings. The number of nitrogens with zero attached hydrogens (tertiary/aromatic N) is 1. The number of aryl methyl sites for hydroxylation is 1. The summed E-state index contributed by atoms with van der Waals surface area (Å²) in [7, 11) is 0. The fourth-order valence-corrected chi connectivity index (χ4v) is 4.90. The minimum absolute atomic E-state index is 0.183. The Morgan fingerprint density at radius 2 is 1.79 bits per heavy atom. The van der Waals surface area contributed by atoms with Gasteiger partial charge in [-0.2, -0.15) is 0 Å². The van der Waals surface area contributed by atoms with E-state index in [2.05, 4.69) is 15.6 Å². The van der Waals surface area contributed by atoms with Crippen LogP contribution in [0.5, 0.6) is 5.75 Å². The summed E-state index contributed by atoms with van der Waals surface area (Å²) in [5.41, 5.74) is 2.65. The molecule has 2 N–H and O–H groups in total. The maximum atomic E-state index is 13.5. The van der Waals surface area contributed by atoms with Gasteiger partial charge in [-0.1, -0.05) is 29.8 Å². The van der Waals surface area contributed by atoms with Crippen molar-refractivity contribution in [1.29, 1.82) is 0 Å². The van der Waals surface area contributed by atoms with Crippen LogP contribution >= 0.6 is 22.9 Å². The maximum Gasteiger partial charge on any atom is 0.268 e. The molecule has 2 aromatic carbocycles. The molecule has 4 rings (SSSR count). The Balaban J connectivity index is 1.50. The van der Waals surface area contributed by atoms with Crippen molar-refractivity contribution in [2.24, 2.45) is 0 Å². The lowest BCUT2D eigenvalue weighted by Gasteiger charge is -2.16. The van der Waals surface area contributed by atoms with E-state index >= 15 is 0 Å². The Bertz CT molecular complexity index is 1410. The molecule has 2 heterocycles. The summed E-state index contributed by atoms with van der Waals surface area (Å²) < 4.78 is 19.9. The summed E-state index contributed by atoms with van der Waals surface area (Å²) in [6.45, 7) is 5.19.